The SMILES string of the molecule is O=C(OCCO)c1ccc(N2CCCC2)c([N+](=O)[O-])c1. The van der Waals surface area contributed by atoms with E-state index in [2.05, 4.69) is 0 Å². The number of esters is 1. The number of ether oxygens (including phenoxy) is 1. The maximum absolute atomic E-state index is 11.6. The van der Waals surface area contributed by atoms with Gasteiger partial charge in [0.2, 0.25) is 0 Å². The van der Waals surface area contributed by atoms with E-state index in [1.807, 2.05) is 4.90 Å². The molecule has 0 aliphatic carbocycles. The first-order valence-electron chi connectivity index (χ1n) is 6.45. The highest BCUT2D eigenvalue weighted by atomic mass is 16.6. The fourth-order valence-corrected chi connectivity index (χ4v) is 2.24. The van der Waals surface area contributed by atoms with E-state index in [0.717, 1.165) is 25.9 Å². The van der Waals surface area contributed by atoms with Crippen molar-refractivity contribution in [1.29, 1.82) is 0 Å². The molecule has 1 aliphatic heterocycles. The average molecular weight is 280 g/mol. The van der Waals surface area contributed by atoms with Crippen molar-refractivity contribution in [3.63, 3.8) is 0 Å². The molecule has 0 saturated carbocycles. The van der Waals surface area contributed by atoms with Crippen molar-refractivity contribution in [2.45, 2.75) is 12.8 Å². The monoisotopic (exact) mass is 280 g/mol. The second-order valence-electron chi connectivity index (χ2n) is 4.51. The van der Waals surface area contributed by atoms with E-state index in [4.69, 9.17) is 9.84 Å². The molecule has 1 aliphatic rings. The molecular weight excluding hydrogens is 264 g/mol. The van der Waals surface area contributed by atoms with Gasteiger partial charge in [0.1, 0.15) is 12.3 Å². The summed E-state index contributed by atoms with van der Waals surface area (Å²) in [5.41, 5.74) is 0.560. The highest BCUT2D eigenvalue weighted by molar-refractivity contribution is 5.91. The molecule has 2 rings (SSSR count). The molecule has 108 valence electrons. The number of aliphatic hydroxyl groups is 1. The first-order valence-corrected chi connectivity index (χ1v) is 6.45. The highest BCUT2D eigenvalue weighted by Gasteiger charge is 2.24. The molecule has 20 heavy (non-hydrogen) atoms. The Morgan fingerprint density at radius 2 is 2.10 bits per heavy atom. The van der Waals surface area contributed by atoms with E-state index in [1.165, 1.54) is 12.1 Å². The smallest absolute Gasteiger partial charge is 0.338 e. The van der Waals surface area contributed by atoms with Gasteiger partial charge in [-0.3, -0.25) is 10.1 Å². The zero-order valence-corrected chi connectivity index (χ0v) is 10.9. The number of nitrogens with zero attached hydrogens (tertiary/aromatic N) is 2. The summed E-state index contributed by atoms with van der Waals surface area (Å²) in [5, 5.41) is 19.8. The van der Waals surface area contributed by atoms with Crippen molar-refractivity contribution in [2.75, 3.05) is 31.2 Å². The summed E-state index contributed by atoms with van der Waals surface area (Å²) in [5.74, 6) is -0.671. The first kappa shape index (κ1) is 14.3. The van der Waals surface area contributed by atoms with Crippen LogP contribution in [0.1, 0.15) is 23.2 Å². The Morgan fingerprint density at radius 3 is 2.70 bits per heavy atom. The highest BCUT2D eigenvalue weighted by Crippen LogP contribution is 2.31. The molecule has 7 heteroatoms. The number of hydrogen-bond acceptors (Lipinski definition) is 6. The van der Waals surface area contributed by atoms with Crippen molar-refractivity contribution in [3.8, 4) is 0 Å². The molecule has 0 amide bonds. The van der Waals surface area contributed by atoms with Crippen LogP contribution in [0.15, 0.2) is 18.2 Å². The van der Waals surface area contributed by atoms with Crippen LogP contribution in [-0.4, -0.2) is 42.3 Å². The number of carbonyl (C=O) groups is 1. The lowest BCUT2D eigenvalue weighted by molar-refractivity contribution is -0.384. The van der Waals surface area contributed by atoms with Gasteiger partial charge in [-0.15, -0.1) is 0 Å². The molecule has 1 heterocycles. The number of carbonyl (C=O) groups excluding carboxylic acids is 1. The number of aliphatic hydroxyl groups excluding tert-OH is 1. The van der Waals surface area contributed by atoms with Gasteiger partial charge in [0.05, 0.1) is 17.1 Å². The van der Waals surface area contributed by atoms with Gasteiger partial charge in [-0.1, -0.05) is 0 Å². The molecule has 1 aromatic carbocycles. The minimum absolute atomic E-state index is 0.0923. The van der Waals surface area contributed by atoms with Gasteiger partial charge in [-0.2, -0.15) is 0 Å². The standard InChI is InChI=1S/C13H16N2O5/c16-7-8-20-13(17)10-3-4-11(12(9-10)15(18)19)14-5-1-2-6-14/h3-4,9,16H,1-2,5-8H2. The van der Waals surface area contributed by atoms with Crippen molar-refractivity contribution < 1.29 is 19.6 Å². The molecule has 0 radical (unpaired) electrons. The lowest BCUT2D eigenvalue weighted by atomic mass is 10.1. The van der Waals surface area contributed by atoms with Crippen LogP contribution < -0.4 is 4.90 Å². The fraction of sp³-hybridized carbons (Fsp3) is 0.462. The molecule has 1 aromatic rings. The molecule has 1 saturated heterocycles. The lowest BCUT2D eigenvalue weighted by Crippen LogP contribution is -2.19. The van der Waals surface area contributed by atoms with Crippen LogP contribution >= 0.6 is 0 Å². The second kappa shape index (κ2) is 6.33. The van der Waals surface area contributed by atoms with E-state index >= 15 is 0 Å². The van der Waals surface area contributed by atoms with Gasteiger partial charge in [-0.25, -0.2) is 4.79 Å². The molecular formula is C13H16N2O5. The molecule has 1 fully saturated rings. The summed E-state index contributed by atoms with van der Waals surface area (Å²) >= 11 is 0. The van der Waals surface area contributed by atoms with Crippen LogP contribution in [0.5, 0.6) is 0 Å². The number of anilines is 1. The molecule has 0 aromatic heterocycles. The Balaban J connectivity index is 2.27. The van der Waals surface area contributed by atoms with E-state index in [-0.39, 0.29) is 24.5 Å². The third-order valence-corrected chi connectivity index (χ3v) is 3.18. The van der Waals surface area contributed by atoms with Crippen LogP contribution in [0.25, 0.3) is 0 Å². The average Bonchev–Trinajstić information content (AvgIpc) is 2.98. The second-order valence-corrected chi connectivity index (χ2v) is 4.51. The zero-order valence-electron chi connectivity index (χ0n) is 10.9. The number of nitro groups is 1. The predicted molar refractivity (Wildman–Crippen MR) is 71.9 cm³/mol. The largest absolute Gasteiger partial charge is 0.460 e. The van der Waals surface area contributed by atoms with Gasteiger partial charge in [0.15, 0.2) is 0 Å². The molecule has 0 spiro atoms. The minimum atomic E-state index is -0.671. The maximum atomic E-state index is 11.6. The van der Waals surface area contributed by atoms with Crippen LogP contribution in [0.2, 0.25) is 0 Å². The third kappa shape index (κ3) is 3.05. The Hall–Kier alpha value is -2.15. The Bertz CT molecular complexity index is 511. The van der Waals surface area contributed by atoms with Gasteiger partial charge in [0.25, 0.3) is 5.69 Å². The van der Waals surface area contributed by atoms with Crippen molar-refractivity contribution in [1.82, 2.24) is 0 Å². The van der Waals surface area contributed by atoms with Gasteiger partial charge in [0, 0.05) is 19.2 Å². The third-order valence-electron chi connectivity index (χ3n) is 3.18. The van der Waals surface area contributed by atoms with Gasteiger partial charge >= 0.3 is 5.97 Å². The summed E-state index contributed by atoms with van der Waals surface area (Å²) in [7, 11) is 0. The van der Waals surface area contributed by atoms with Gasteiger partial charge in [-0.05, 0) is 25.0 Å². The Labute approximate surface area is 115 Å². The zero-order chi connectivity index (χ0) is 14.5. The summed E-state index contributed by atoms with van der Waals surface area (Å²) in [6.07, 6.45) is 2.02. The molecule has 1 N–H and O–H groups in total. The molecule has 7 nitrogen and oxygen atoms in total. The van der Waals surface area contributed by atoms with Gasteiger partial charge < -0.3 is 14.7 Å². The lowest BCUT2D eigenvalue weighted by Gasteiger charge is -2.17. The van der Waals surface area contributed by atoms with Crippen LogP contribution in [0, 0.1) is 10.1 Å². The van der Waals surface area contributed by atoms with E-state index in [9.17, 15) is 14.9 Å². The van der Waals surface area contributed by atoms with E-state index in [1.54, 1.807) is 6.07 Å². The quantitative estimate of drug-likeness (QED) is 0.497. The minimum Gasteiger partial charge on any atom is -0.460 e. The maximum Gasteiger partial charge on any atom is 0.338 e. The van der Waals surface area contributed by atoms with E-state index < -0.39 is 10.9 Å². The van der Waals surface area contributed by atoms with Crippen molar-refractivity contribution in [3.05, 3.63) is 33.9 Å². The Kier molecular flexibility index (Phi) is 4.52. The number of rotatable bonds is 5. The van der Waals surface area contributed by atoms with Crippen molar-refractivity contribution in [2.24, 2.45) is 0 Å². The summed E-state index contributed by atoms with van der Waals surface area (Å²) in [6.45, 7) is 1.17. The summed E-state index contributed by atoms with van der Waals surface area (Å²) < 4.78 is 4.75. The number of hydrogen-bond donors (Lipinski definition) is 1. The number of nitro benzene ring substituents is 1. The summed E-state index contributed by atoms with van der Waals surface area (Å²) in [6, 6.07) is 4.33. The molecule has 0 unspecified atom stereocenters. The van der Waals surface area contributed by atoms with Crippen LogP contribution in [0.4, 0.5) is 11.4 Å². The first-order chi connectivity index (χ1) is 9.63. The fourth-order valence-electron chi connectivity index (χ4n) is 2.24. The van der Waals surface area contributed by atoms with Crippen LogP contribution in [-0.2, 0) is 4.74 Å². The number of benzene rings is 1. The van der Waals surface area contributed by atoms with E-state index in [0.29, 0.717) is 5.69 Å². The molecule has 0 bridgehead atoms. The Morgan fingerprint density at radius 1 is 1.40 bits per heavy atom. The summed E-state index contributed by atoms with van der Waals surface area (Å²) in [4.78, 5) is 24.3. The predicted octanol–water partition coefficient (Wildman–Crippen LogP) is 1.34. The van der Waals surface area contributed by atoms with Crippen LogP contribution in [0.3, 0.4) is 0 Å². The molecule has 0 atom stereocenters. The van der Waals surface area contributed by atoms with Crippen molar-refractivity contribution >= 4 is 17.3 Å². The topological polar surface area (TPSA) is 92.9 Å². The normalized spacial score (nSPS) is 14.3.